The van der Waals surface area contributed by atoms with Crippen molar-refractivity contribution in [2.45, 2.75) is 4.90 Å². The van der Waals surface area contributed by atoms with Gasteiger partial charge in [-0.25, -0.2) is 8.42 Å². The first kappa shape index (κ1) is 26.8. The van der Waals surface area contributed by atoms with E-state index in [1.54, 1.807) is 30.4 Å². The number of benzene rings is 3. The van der Waals surface area contributed by atoms with E-state index in [-0.39, 0.29) is 27.1 Å². The summed E-state index contributed by atoms with van der Waals surface area (Å²) in [5, 5.41) is 10.9. The van der Waals surface area contributed by atoms with Crippen molar-refractivity contribution in [3.05, 3.63) is 58.6 Å². The number of halogens is 1. The lowest BCUT2D eigenvalue weighted by Crippen LogP contribution is -2.14. The fourth-order valence-electron chi connectivity index (χ4n) is 3.39. The van der Waals surface area contributed by atoms with Crippen molar-refractivity contribution in [3.63, 3.8) is 0 Å². The molecule has 0 amide bonds. The zero-order chi connectivity index (χ0) is 26.5. The van der Waals surface area contributed by atoms with Gasteiger partial charge >= 0.3 is 0 Å². The first-order chi connectivity index (χ1) is 17.2. The number of sulfonamides is 1. The van der Waals surface area contributed by atoms with Gasteiger partial charge in [-0.15, -0.1) is 0 Å². The van der Waals surface area contributed by atoms with Gasteiger partial charge in [0, 0.05) is 5.56 Å². The summed E-state index contributed by atoms with van der Waals surface area (Å²) in [7, 11) is 3.16. The average Bonchev–Trinajstić information content (AvgIpc) is 2.88. The lowest BCUT2D eigenvalue weighted by atomic mass is 10.1. The predicted octanol–water partition coefficient (Wildman–Crippen LogP) is 5.06. The maximum atomic E-state index is 13.1. The van der Waals surface area contributed by atoms with Gasteiger partial charge in [0.1, 0.15) is 11.4 Å². The SMILES string of the molecule is COc1ccc(S(=O)(=O)Nc2c(C=Cc3cc(OC)c(OC)c(OC)c3)ccc(OC)c2O)cc1Cl. The van der Waals surface area contributed by atoms with Crippen molar-refractivity contribution < 1.29 is 37.2 Å². The Labute approximate surface area is 214 Å². The van der Waals surface area contributed by atoms with E-state index in [1.807, 2.05) is 0 Å². The zero-order valence-electron chi connectivity index (χ0n) is 20.3. The van der Waals surface area contributed by atoms with E-state index in [0.717, 1.165) is 0 Å². The van der Waals surface area contributed by atoms with Crippen molar-refractivity contribution in [2.24, 2.45) is 0 Å². The normalized spacial score (nSPS) is 11.3. The van der Waals surface area contributed by atoms with Gasteiger partial charge in [0.25, 0.3) is 10.0 Å². The van der Waals surface area contributed by atoms with E-state index in [2.05, 4.69) is 4.72 Å². The fraction of sp³-hybridized carbons (Fsp3) is 0.200. The van der Waals surface area contributed by atoms with Gasteiger partial charge in [0.05, 0.1) is 45.5 Å². The van der Waals surface area contributed by atoms with Crippen LogP contribution in [0.1, 0.15) is 11.1 Å². The summed E-state index contributed by atoms with van der Waals surface area (Å²) >= 11 is 6.11. The number of hydrogen-bond donors (Lipinski definition) is 2. The van der Waals surface area contributed by atoms with Crippen LogP contribution in [0.5, 0.6) is 34.5 Å². The monoisotopic (exact) mass is 535 g/mol. The molecule has 36 heavy (non-hydrogen) atoms. The third-order valence-electron chi connectivity index (χ3n) is 5.21. The lowest BCUT2D eigenvalue weighted by molar-refractivity contribution is 0.324. The lowest BCUT2D eigenvalue weighted by Gasteiger charge is -2.15. The molecule has 0 atom stereocenters. The topological polar surface area (TPSA) is 113 Å². The summed E-state index contributed by atoms with van der Waals surface area (Å²) in [5.74, 6) is 1.37. The number of methoxy groups -OCH3 is 5. The molecule has 3 aromatic rings. The molecule has 0 radical (unpaired) electrons. The molecule has 3 rings (SSSR count). The molecule has 0 bridgehead atoms. The molecule has 0 saturated heterocycles. The quantitative estimate of drug-likeness (QED) is 0.274. The van der Waals surface area contributed by atoms with E-state index >= 15 is 0 Å². The minimum atomic E-state index is -4.14. The van der Waals surface area contributed by atoms with Gasteiger partial charge in [-0.3, -0.25) is 4.72 Å². The summed E-state index contributed by atoms with van der Waals surface area (Å²) in [4.78, 5) is -0.116. The van der Waals surface area contributed by atoms with Crippen LogP contribution in [0.25, 0.3) is 12.2 Å². The van der Waals surface area contributed by atoms with Crippen molar-refractivity contribution in [3.8, 4) is 34.5 Å². The molecule has 0 unspecified atom stereocenters. The molecule has 0 aliphatic heterocycles. The predicted molar refractivity (Wildman–Crippen MR) is 138 cm³/mol. The van der Waals surface area contributed by atoms with Crippen molar-refractivity contribution in [2.75, 3.05) is 40.3 Å². The van der Waals surface area contributed by atoms with Gasteiger partial charge in [-0.2, -0.15) is 0 Å². The summed E-state index contributed by atoms with van der Waals surface area (Å²) in [6.07, 6.45) is 3.33. The first-order valence-corrected chi connectivity index (χ1v) is 12.3. The van der Waals surface area contributed by atoms with E-state index in [0.29, 0.717) is 34.1 Å². The summed E-state index contributed by atoms with van der Waals surface area (Å²) in [5.41, 5.74) is 0.964. The van der Waals surface area contributed by atoms with Crippen molar-refractivity contribution in [1.29, 1.82) is 0 Å². The zero-order valence-corrected chi connectivity index (χ0v) is 21.9. The second kappa shape index (κ2) is 11.3. The molecule has 0 aliphatic rings. The molecule has 0 aliphatic carbocycles. The van der Waals surface area contributed by atoms with Crippen LogP contribution in [0.3, 0.4) is 0 Å². The minimum Gasteiger partial charge on any atom is -0.503 e. The van der Waals surface area contributed by atoms with Crippen LogP contribution in [0.15, 0.2) is 47.4 Å². The fourth-order valence-corrected chi connectivity index (χ4v) is 4.83. The summed E-state index contributed by atoms with van der Waals surface area (Å²) in [6.45, 7) is 0. The number of nitrogens with one attached hydrogen (secondary N) is 1. The summed E-state index contributed by atoms with van der Waals surface area (Å²) in [6, 6.07) is 10.6. The highest BCUT2D eigenvalue weighted by Gasteiger charge is 2.22. The molecule has 0 spiro atoms. The average molecular weight is 536 g/mol. The Morgan fingerprint density at radius 2 is 1.36 bits per heavy atom. The van der Waals surface area contributed by atoms with Crippen LogP contribution < -0.4 is 28.4 Å². The Bertz CT molecular complexity index is 1360. The number of anilines is 1. The van der Waals surface area contributed by atoms with E-state index in [4.69, 9.17) is 35.3 Å². The van der Waals surface area contributed by atoms with Crippen LogP contribution in [-0.4, -0.2) is 49.1 Å². The maximum Gasteiger partial charge on any atom is 0.262 e. The third-order valence-corrected chi connectivity index (χ3v) is 6.85. The molecule has 2 N–H and O–H groups in total. The second-order valence-corrected chi connectivity index (χ2v) is 9.36. The minimum absolute atomic E-state index is 0.0787. The number of aromatic hydroxyl groups is 1. The summed E-state index contributed by atoms with van der Waals surface area (Å²) < 4.78 is 55.1. The number of rotatable bonds is 10. The molecule has 0 fully saturated rings. The molecule has 192 valence electrons. The standard InChI is InChI=1S/C25H26ClNO8S/c1-31-19-11-9-17(14-18(19)26)36(29,30)27-23-16(8-10-20(32-2)24(23)28)7-6-15-12-21(33-3)25(35-5)22(13-15)34-4/h6-14,27-28H,1-5H3. The molecule has 3 aromatic carbocycles. The Morgan fingerprint density at radius 1 is 0.778 bits per heavy atom. The smallest absolute Gasteiger partial charge is 0.262 e. The number of phenolic OH excluding ortho intramolecular Hbond substituents is 1. The number of ether oxygens (including phenoxy) is 5. The highest BCUT2D eigenvalue weighted by Crippen LogP contribution is 2.41. The Balaban J connectivity index is 2.06. The first-order valence-electron chi connectivity index (χ1n) is 10.4. The van der Waals surface area contributed by atoms with Gasteiger partial charge in [0.15, 0.2) is 23.0 Å². The number of hydrogen-bond acceptors (Lipinski definition) is 8. The molecule has 0 saturated carbocycles. The van der Waals surface area contributed by atoms with E-state index in [9.17, 15) is 13.5 Å². The molecule has 0 heterocycles. The van der Waals surface area contributed by atoms with Gasteiger partial charge in [0.2, 0.25) is 5.75 Å². The van der Waals surface area contributed by atoms with Crippen molar-refractivity contribution in [1.82, 2.24) is 0 Å². The van der Waals surface area contributed by atoms with Crippen LogP contribution in [0, 0.1) is 0 Å². The van der Waals surface area contributed by atoms with E-state index in [1.165, 1.54) is 59.8 Å². The maximum absolute atomic E-state index is 13.1. The largest absolute Gasteiger partial charge is 0.503 e. The number of phenols is 1. The van der Waals surface area contributed by atoms with Gasteiger partial charge < -0.3 is 28.8 Å². The van der Waals surface area contributed by atoms with E-state index < -0.39 is 10.0 Å². The van der Waals surface area contributed by atoms with Gasteiger partial charge in [-0.1, -0.05) is 23.8 Å². The van der Waals surface area contributed by atoms with Gasteiger partial charge in [-0.05, 0) is 48.0 Å². The van der Waals surface area contributed by atoms with Crippen LogP contribution in [-0.2, 0) is 10.0 Å². The Morgan fingerprint density at radius 3 is 1.89 bits per heavy atom. The Kier molecular flexibility index (Phi) is 8.44. The molecular formula is C25H26ClNO8S. The molecular weight excluding hydrogens is 510 g/mol. The van der Waals surface area contributed by atoms with Crippen molar-refractivity contribution >= 4 is 39.5 Å². The second-order valence-electron chi connectivity index (χ2n) is 7.27. The van der Waals surface area contributed by atoms with Crippen LogP contribution in [0.4, 0.5) is 5.69 Å². The van der Waals surface area contributed by atoms with Crippen LogP contribution in [0.2, 0.25) is 5.02 Å². The molecule has 11 heteroatoms. The highest BCUT2D eigenvalue weighted by atomic mass is 35.5. The third kappa shape index (κ3) is 5.55. The van der Waals surface area contributed by atoms with Crippen LogP contribution >= 0.6 is 11.6 Å². The molecule has 0 aromatic heterocycles. The highest BCUT2D eigenvalue weighted by molar-refractivity contribution is 7.92. The Hall–Kier alpha value is -3.76. The molecule has 9 nitrogen and oxygen atoms in total.